The number of ether oxygens (including phenoxy) is 3. The minimum absolute atomic E-state index is 0.115. The van der Waals surface area contributed by atoms with E-state index in [-0.39, 0.29) is 6.10 Å². The summed E-state index contributed by atoms with van der Waals surface area (Å²) in [5.41, 5.74) is 1.33. The van der Waals surface area contributed by atoms with Crippen molar-refractivity contribution < 1.29 is 14.2 Å². The lowest BCUT2D eigenvalue weighted by atomic mass is 10.1. The topological polar surface area (TPSA) is 27.7 Å². The molecule has 0 bridgehead atoms. The van der Waals surface area contributed by atoms with E-state index in [1.807, 2.05) is 6.92 Å². The van der Waals surface area contributed by atoms with Crippen molar-refractivity contribution in [2.45, 2.75) is 32.5 Å². The van der Waals surface area contributed by atoms with Crippen molar-refractivity contribution in [3.8, 4) is 0 Å². The van der Waals surface area contributed by atoms with E-state index >= 15 is 0 Å². The Morgan fingerprint density at radius 3 is 3.00 bits per heavy atom. The third kappa shape index (κ3) is 3.89. The molecule has 76 valence electrons. The second kappa shape index (κ2) is 5.37. The molecule has 1 heterocycles. The Balaban J connectivity index is 2.28. The van der Waals surface area contributed by atoms with E-state index in [1.165, 1.54) is 5.57 Å². The molecule has 1 rings (SSSR count). The maximum absolute atomic E-state index is 5.42. The van der Waals surface area contributed by atoms with Crippen molar-refractivity contribution in [2.75, 3.05) is 20.5 Å². The highest BCUT2D eigenvalue weighted by molar-refractivity contribution is 5.09. The molecule has 1 saturated heterocycles. The SMILES string of the molecule is COCO[C@H](C)/C=C1/CO[C@@H](C)C1. The van der Waals surface area contributed by atoms with Crippen LogP contribution in [0.4, 0.5) is 0 Å². The number of hydrogen-bond acceptors (Lipinski definition) is 3. The highest BCUT2D eigenvalue weighted by Crippen LogP contribution is 2.18. The summed E-state index contributed by atoms with van der Waals surface area (Å²) in [6, 6.07) is 0. The Bertz CT molecular complexity index is 177. The normalized spacial score (nSPS) is 28.2. The maximum atomic E-state index is 5.42. The van der Waals surface area contributed by atoms with Crippen LogP contribution in [0.1, 0.15) is 20.3 Å². The third-order valence-electron chi connectivity index (χ3n) is 2.02. The zero-order valence-electron chi connectivity index (χ0n) is 8.58. The monoisotopic (exact) mass is 186 g/mol. The lowest BCUT2D eigenvalue weighted by Gasteiger charge is -2.08. The molecule has 3 nitrogen and oxygen atoms in total. The molecule has 0 N–H and O–H groups in total. The molecule has 0 aromatic carbocycles. The average Bonchev–Trinajstić information content (AvgIpc) is 2.48. The fourth-order valence-electron chi connectivity index (χ4n) is 1.41. The molecule has 0 saturated carbocycles. The first-order valence-corrected chi connectivity index (χ1v) is 4.64. The molecule has 0 spiro atoms. The van der Waals surface area contributed by atoms with Crippen molar-refractivity contribution in [1.29, 1.82) is 0 Å². The van der Waals surface area contributed by atoms with Gasteiger partial charge in [-0.05, 0) is 25.8 Å². The zero-order chi connectivity index (χ0) is 9.68. The van der Waals surface area contributed by atoms with Crippen LogP contribution in [0.3, 0.4) is 0 Å². The molecule has 1 aliphatic rings. The molecule has 0 aliphatic carbocycles. The molecule has 3 heteroatoms. The van der Waals surface area contributed by atoms with Crippen LogP contribution < -0.4 is 0 Å². The summed E-state index contributed by atoms with van der Waals surface area (Å²) in [4.78, 5) is 0. The quantitative estimate of drug-likeness (QED) is 0.494. The summed E-state index contributed by atoms with van der Waals surface area (Å²) in [6.45, 7) is 5.19. The third-order valence-corrected chi connectivity index (χ3v) is 2.02. The van der Waals surface area contributed by atoms with E-state index in [0.29, 0.717) is 12.9 Å². The van der Waals surface area contributed by atoms with Crippen LogP contribution in [0.25, 0.3) is 0 Å². The fourth-order valence-corrected chi connectivity index (χ4v) is 1.41. The van der Waals surface area contributed by atoms with Crippen LogP contribution in [0, 0.1) is 0 Å². The molecule has 1 aliphatic heterocycles. The summed E-state index contributed by atoms with van der Waals surface area (Å²) in [5.74, 6) is 0. The summed E-state index contributed by atoms with van der Waals surface area (Å²) in [6.07, 6.45) is 3.62. The van der Waals surface area contributed by atoms with E-state index in [4.69, 9.17) is 14.2 Å². The van der Waals surface area contributed by atoms with Gasteiger partial charge in [0.1, 0.15) is 6.79 Å². The van der Waals surface area contributed by atoms with Crippen molar-refractivity contribution >= 4 is 0 Å². The van der Waals surface area contributed by atoms with Gasteiger partial charge in [-0.15, -0.1) is 0 Å². The largest absolute Gasteiger partial charge is 0.374 e. The van der Waals surface area contributed by atoms with Gasteiger partial charge < -0.3 is 14.2 Å². The van der Waals surface area contributed by atoms with Gasteiger partial charge >= 0.3 is 0 Å². The summed E-state index contributed by atoms with van der Waals surface area (Å²) >= 11 is 0. The molecule has 2 atom stereocenters. The average molecular weight is 186 g/mol. The molecule has 0 aromatic rings. The molecule has 1 fully saturated rings. The van der Waals surface area contributed by atoms with Gasteiger partial charge in [0.2, 0.25) is 0 Å². The zero-order valence-corrected chi connectivity index (χ0v) is 8.58. The smallest absolute Gasteiger partial charge is 0.147 e. The van der Waals surface area contributed by atoms with E-state index in [0.717, 1.165) is 13.0 Å². The second-order valence-corrected chi connectivity index (χ2v) is 3.43. The molecular formula is C10H18O3. The maximum Gasteiger partial charge on any atom is 0.147 e. The van der Waals surface area contributed by atoms with Crippen LogP contribution >= 0.6 is 0 Å². The number of hydrogen-bond donors (Lipinski definition) is 0. The molecular weight excluding hydrogens is 168 g/mol. The Kier molecular flexibility index (Phi) is 4.42. The van der Waals surface area contributed by atoms with Gasteiger partial charge in [0.15, 0.2) is 0 Å². The van der Waals surface area contributed by atoms with Crippen molar-refractivity contribution in [3.63, 3.8) is 0 Å². The van der Waals surface area contributed by atoms with Gasteiger partial charge in [-0.25, -0.2) is 0 Å². The predicted molar refractivity (Wildman–Crippen MR) is 50.5 cm³/mol. The highest BCUT2D eigenvalue weighted by Gasteiger charge is 2.15. The Hall–Kier alpha value is -0.380. The van der Waals surface area contributed by atoms with Crippen LogP contribution in [0.15, 0.2) is 11.6 Å². The van der Waals surface area contributed by atoms with Gasteiger partial charge in [0, 0.05) is 7.11 Å². The van der Waals surface area contributed by atoms with Crippen LogP contribution in [0.2, 0.25) is 0 Å². The van der Waals surface area contributed by atoms with Crippen molar-refractivity contribution in [1.82, 2.24) is 0 Å². The van der Waals surface area contributed by atoms with Crippen LogP contribution in [0.5, 0.6) is 0 Å². The van der Waals surface area contributed by atoms with E-state index in [2.05, 4.69) is 13.0 Å². The van der Waals surface area contributed by atoms with Crippen LogP contribution in [-0.2, 0) is 14.2 Å². The van der Waals surface area contributed by atoms with E-state index in [9.17, 15) is 0 Å². The molecule has 0 unspecified atom stereocenters. The Morgan fingerprint density at radius 2 is 2.46 bits per heavy atom. The van der Waals surface area contributed by atoms with Crippen molar-refractivity contribution in [2.24, 2.45) is 0 Å². The lowest BCUT2D eigenvalue weighted by Crippen LogP contribution is -2.08. The fraction of sp³-hybridized carbons (Fsp3) is 0.800. The van der Waals surface area contributed by atoms with Gasteiger partial charge in [0.25, 0.3) is 0 Å². The summed E-state index contributed by atoms with van der Waals surface area (Å²) in [5, 5.41) is 0. The van der Waals surface area contributed by atoms with E-state index < -0.39 is 0 Å². The van der Waals surface area contributed by atoms with E-state index in [1.54, 1.807) is 7.11 Å². The van der Waals surface area contributed by atoms with Gasteiger partial charge in [-0.2, -0.15) is 0 Å². The van der Waals surface area contributed by atoms with Gasteiger partial charge in [0.05, 0.1) is 18.8 Å². The minimum atomic E-state index is 0.115. The second-order valence-electron chi connectivity index (χ2n) is 3.43. The predicted octanol–water partition coefficient (Wildman–Crippen LogP) is 1.73. The van der Waals surface area contributed by atoms with Crippen molar-refractivity contribution in [3.05, 3.63) is 11.6 Å². The summed E-state index contributed by atoms with van der Waals surface area (Å²) < 4.78 is 15.6. The lowest BCUT2D eigenvalue weighted by molar-refractivity contribution is -0.0497. The first-order chi connectivity index (χ1) is 6.22. The first-order valence-electron chi connectivity index (χ1n) is 4.64. The number of rotatable bonds is 4. The van der Waals surface area contributed by atoms with Gasteiger partial charge in [-0.1, -0.05) is 6.08 Å². The van der Waals surface area contributed by atoms with Gasteiger partial charge in [-0.3, -0.25) is 0 Å². The minimum Gasteiger partial charge on any atom is -0.374 e. The first kappa shape index (κ1) is 10.7. The number of methoxy groups -OCH3 is 1. The standard InChI is InChI=1S/C10H18O3/c1-8-4-10(6-12-8)5-9(2)13-7-11-3/h5,8-9H,4,6-7H2,1-3H3/b10-5+/t8-,9+/m0/s1. The summed E-state index contributed by atoms with van der Waals surface area (Å²) in [7, 11) is 1.63. The molecule has 13 heavy (non-hydrogen) atoms. The molecule has 0 amide bonds. The molecule has 0 aromatic heterocycles. The van der Waals surface area contributed by atoms with Crippen LogP contribution in [-0.4, -0.2) is 32.7 Å². The Labute approximate surface area is 79.7 Å². The Morgan fingerprint density at radius 1 is 1.69 bits per heavy atom. The molecule has 0 radical (unpaired) electrons. The highest BCUT2D eigenvalue weighted by atomic mass is 16.7.